The van der Waals surface area contributed by atoms with Crippen molar-refractivity contribution in [1.82, 2.24) is 20.0 Å². The molecule has 7 heteroatoms. The first-order valence-corrected chi connectivity index (χ1v) is 10.7. The Balaban J connectivity index is 1.52. The van der Waals surface area contributed by atoms with Gasteiger partial charge in [-0.15, -0.1) is 10.2 Å². The zero-order valence-electron chi connectivity index (χ0n) is 16.9. The van der Waals surface area contributed by atoms with E-state index in [1.807, 2.05) is 53.3 Å². The molecule has 0 saturated heterocycles. The second-order valence-corrected chi connectivity index (χ2v) is 8.56. The number of carbonyl (C=O) groups excluding carboxylic acids is 1. The minimum atomic E-state index is -0.182. The molecule has 4 aromatic rings. The number of nitrogens with one attached hydrogen (secondary N) is 1. The van der Waals surface area contributed by atoms with Crippen LogP contribution in [-0.2, 0) is 13.0 Å². The molecular formula is C23H23N5OS. The summed E-state index contributed by atoms with van der Waals surface area (Å²) in [4.78, 5) is 12.9. The molecule has 0 saturated carbocycles. The van der Waals surface area contributed by atoms with Crippen LogP contribution in [0.3, 0.4) is 0 Å². The topological polar surface area (TPSA) is 72.7 Å². The van der Waals surface area contributed by atoms with Crippen LogP contribution in [0.4, 0.5) is 5.13 Å². The van der Waals surface area contributed by atoms with Gasteiger partial charge in [-0.1, -0.05) is 67.6 Å². The fraction of sp³-hybridized carbons (Fsp3) is 0.217. The maximum Gasteiger partial charge on any atom is 0.258 e. The first-order valence-electron chi connectivity index (χ1n) is 9.88. The Bertz CT molecular complexity index is 1120. The molecule has 1 N–H and O–H groups in total. The molecule has 0 aliphatic carbocycles. The van der Waals surface area contributed by atoms with Gasteiger partial charge in [-0.2, -0.15) is 5.10 Å². The molecule has 0 aliphatic heterocycles. The van der Waals surface area contributed by atoms with Gasteiger partial charge in [0.2, 0.25) is 5.13 Å². The van der Waals surface area contributed by atoms with Gasteiger partial charge in [0, 0.05) is 24.4 Å². The molecular weight excluding hydrogens is 394 g/mol. The zero-order valence-corrected chi connectivity index (χ0v) is 17.8. The molecule has 30 heavy (non-hydrogen) atoms. The predicted octanol–water partition coefficient (Wildman–Crippen LogP) is 4.90. The van der Waals surface area contributed by atoms with Crippen molar-refractivity contribution in [3.8, 4) is 11.1 Å². The summed E-state index contributed by atoms with van der Waals surface area (Å²) in [6.45, 7) is 4.98. The Morgan fingerprint density at radius 1 is 1.07 bits per heavy atom. The number of nitrogens with zero attached hydrogens (tertiary/aromatic N) is 4. The number of rotatable bonds is 7. The van der Waals surface area contributed by atoms with E-state index in [0.29, 0.717) is 23.2 Å². The molecule has 0 fully saturated rings. The minimum Gasteiger partial charge on any atom is -0.296 e. The van der Waals surface area contributed by atoms with E-state index in [0.717, 1.165) is 28.1 Å². The molecule has 2 aromatic heterocycles. The van der Waals surface area contributed by atoms with Crippen LogP contribution >= 0.6 is 11.3 Å². The standard InChI is InChI=1S/C23H23N5OS/c1-16(2)14-21-26-27-23(30-21)25-22(29)20-7-4-3-6-19(20)18-10-8-17(9-11-18)15-28-13-5-12-24-28/h3-13,16H,14-15H2,1-2H3,(H,25,27,29). The number of benzene rings is 2. The number of hydrogen-bond acceptors (Lipinski definition) is 5. The highest BCUT2D eigenvalue weighted by Gasteiger charge is 2.15. The van der Waals surface area contributed by atoms with Gasteiger partial charge in [0.05, 0.1) is 6.54 Å². The Morgan fingerprint density at radius 2 is 1.87 bits per heavy atom. The van der Waals surface area contributed by atoms with Crippen LogP contribution in [-0.4, -0.2) is 25.9 Å². The lowest BCUT2D eigenvalue weighted by Gasteiger charge is -2.10. The van der Waals surface area contributed by atoms with Gasteiger partial charge in [0.15, 0.2) is 0 Å². The minimum absolute atomic E-state index is 0.182. The number of anilines is 1. The highest BCUT2D eigenvalue weighted by Crippen LogP contribution is 2.26. The predicted molar refractivity (Wildman–Crippen MR) is 120 cm³/mol. The summed E-state index contributed by atoms with van der Waals surface area (Å²) < 4.78 is 1.88. The van der Waals surface area contributed by atoms with Crippen molar-refractivity contribution in [3.63, 3.8) is 0 Å². The van der Waals surface area contributed by atoms with Gasteiger partial charge in [-0.05, 0) is 34.7 Å². The quantitative estimate of drug-likeness (QED) is 0.464. The van der Waals surface area contributed by atoms with Gasteiger partial charge in [0.1, 0.15) is 5.01 Å². The fourth-order valence-corrected chi connectivity index (χ4v) is 4.15. The van der Waals surface area contributed by atoms with Crippen molar-refractivity contribution in [1.29, 1.82) is 0 Å². The first-order chi connectivity index (χ1) is 14.6. The summed E-state index contributed by atoms with van der Waals surface area (Å²) in [5, 5.41) is 16.9. The maximum atomic E-state index is 12.9. The Kier molecular flexibility index (Phi) is 5.99. The number of hydrogen-bond donors (Lipinski definition) is 1. The molecule has 1 amide bonds. The van der Waals surface area contributed by atoms with Crippen molar-refractivity contribution < 1.29 is 4.79 Å². The summed E-state index contributed by atoms with van der Waals surface area (Å²) in [5.41, 5.74) is 3.63. The van der Waals surface area contributed by atoms with E-state index in [1.54, 1.807) is 6.20 Å². The molecule has 2 aromatic carbocycles. The van der Waals surface area contributed by atoms with Crippen LogP contribution in [0.2, 0.25) is 0 Å². The van der Waals surface area contributed by atoms with E-state index in [-0.39, 0.29) is 5.91 Å². The maximum absolute atomic E-state index is 12.9. The molecule has 2 heterocycles. The van der Waals surface area contributed by atoms with E-state index >= 15 is 0 Å². The molecule has 6 nitrogen and oxygen atoms in total. The molecule has 0 atom stereocenters. The second kappa shape index (κ2) is 9.00. The fourth-order valence-electron chi connectivity index (χ4n) is 3.20. The molecule has 0 spiro atoms. The van der Waals surface area contributed by atoms with Crippen molar-refractivity contribution in [2.24, 2.45) is 5.92 Å². The lowest BCUT2D eigenvalue weighted by Crippen LogP contribution is -2.13. The first kappa shape index (κ1) is 20.0. The van der Waals surface area contributed by atoms with E-state index in [2.05, 4.69) is 46.6 Å². The number of aromatic nitrogens is 4. The SMILES string of the molecule is CC(C)Cc1nnc(NC(=O)c2ccccc2-c2ccc(Cn3cccn3)cc2)s1. The summed E-state index contributed by atoms with van der Waals surface area (Å²) in [6.07, 6.45) is 4.57. The van der Waals surface area contributed by atoms with Crippen LogP contribution in [0.5, 0.6) is 0 Å². The lowest BCUT2D eigenvalue weighted by atomic mass is 9.98. The van der Waals surface area contributed by atoms with Crippen LogP contribution in [0.1, 0.15) is 34.8 Å². The van der Waals surface area contributed by atoms with Crippen molar-refractivity contribution in [3.05, 3.63) is 83.1 Å². The Morgan fingerprint density at radius 3 is 2.60 bits per heavy atom. The summed E-state index contributed by atoms with van der Waals surface area (Å²) in [6, 6.07) is 17.7. The second-order valence-electron chi connectivity index (χ2n) is 7.50. The van der Waals surface area contributed by atoms with Gasteiger partial charge in [-0.3, -0.25) is 14.8 Å². The van der Waals surface area contributed by atoms with E-state index in [4.69, 9.17) is 0 Å². The van der Waals surface area contributed by atoms with Crippen molar-refractivity contribution in [2.75, 3.05) is 5.32 Å². The Hall–Kier alpha value is -3.32. The smallest absolute Gasteiger partial charge is 0.258 e. The summed E-state index contributed by atoms with van der Waals surface area (Å²) in [5.74, 6) is 0.317. The highest BCUT2D eigenvalue weighted by atomic mass is 32.1. The van der Waals surface area contributed by atoms with Gasteiger partial charge >= 0.3 is 0 Å². The third-order valence-corrected chi connectivity index (χ3v) is 5.47. The summed E-state index contributed by atoms with van der Waals surface area (Å²) in [7, 11) is 0. The van der Waals surface area contributed by atoms with E-state index in [1.165, 1.54) is 11.3 Å². The third-order valence-electron chi connectivity index (χ3n) is 4.61. The molecule has 0 radical (unpaired) electrons. The average molecular weight is 418 g/mol. The van der Waals surface area contributed by atoms with E-state index in [9.17, 15) is 4.79 Å². The molecule has 0 unspecified atom stereocenters. The number of amides is 1. The van der Waals surface area contributed by atoms with Gasteiger partial charge < -0.3 is 0 Å². The lowest BCUT2D eigenvalue weighted by molar-refractivity contribution is 0.102. The Labute approximate surface area is 179 Å². The molecule has 4 rings (SSSR count). The monoisotopic (exact) mass is 417 g/mol. The summed E-state index contributed by atoms with van der Waals surface area (Å²) >= 11 is 1.43. The average Bonchev–Trinajstić information content (AvgIpc) is 3.40. The van der Waals surface area contributed by atoms with Gasteiger partial charge in [0.25, 0.3) is 5.91 Å². The van der Waals surface area contributed by atoms with Crippen LogP contribution in [0.25, 0.3) is 11.1 Å². The van der Waals surface area contributed by atoms with Gasteiger partial charge in [-0.25, -0.2) is 0 Å². The van der Waals surface area contributed by atoms with Crippen molar-refractivity contribution in [2.45, 2.75) is 26.8 Å². The number of carbonyl (C=O) groups is 1. The third kappa shape index (κ3) is 4.80. The molecule has 0 aliphatic rings. The highest BCUT2D eigenvalue weighted by molar-refractivity contribution is 7.15. The van der Waals surface area contributed by atoms with Crippen LogP contribution < -0.4 is 5.32 Å². The van der Waals surface area contributed by atoms with E-state index < -0.39 is 0 Å². The van der Waals surface area contributed by atoms with Crippen LogP contribution in [0, 0.1) is 5.92 Å². The largest absolute Gasteiger partial charge is 0.296 e. The van der Waals surface area contributed by atoms with Crippen LogP contribution in [0.15, 0.2) is 67.0 Å². The normalized spacial score (nSPS) is 11.0. The molecule has 152 valence electrons. The zero-order chi connectivity index (χ0) is 20.9. The molecule has 0 bridgehead atoms. The van der Waals surface area contributed by atoms with Crippen molar-refractivity contribution >= 4 is 22.4 Å².